The van der Waals surface area contributed by atoms with Crippen LogP contribution in [0.1, 0.15) is 32.3 Å². The lowest BCUT2D eigenvalue weighted by Crippen LogP contribution is -2.23. The lowest BCUT2D eigenvalue weighted by atomic mass is 9.77. The second kappa shape index (κ2) is 4.76. The van der Waals surface area contributed by atoms with Crippen molar-refractivity contribution in [3.8, 4) is 6.07 Å². The molecule has 1 aromatic carbocycles. The number of rotatable bonds is 3. The third kappa shape index (κ3) is 2.21. The van der Waals surface area contributed by atoms with E-state index in [9.17, 15) is 9.65 Å². The van der Waals surface area contributed by atoms with Crippen molar-refractivity contribution >= 4 is 15.9 Å². The highest BCUT2D eigenvalue weighted by Crippen LogP contribution is 2.33. The zero-order valence-corrected chi connectivity index (χ0v) is 10.4. The number of hydrogen-bond acceptors (Lipinski definition) is 1. The maximum absolute atomic E-state index is 13.7. The molecule has 0 heterocycles. The van der Waals surface area contributed by atoms with Gasteiger partial charge in [0.25, 0.3) is 0 Å². The van der Waals surface area contributed by atoms with Gasteiger partial charge in [0.1, 0.15) is 5.82 Å². The highest BCUT2D eigenvalue weighted by molar-refractivity contribution is 9.10. The van der Waals surface area contributed by atoms with Crippen LogP contribution in [-0.4, -0.2) is 0 Å². The number of halogens is 2. The fraction of sp³-hybridized carbons (Fsp3) is 0.417. The molecule has 0 saturated carbocycles. The van der Waals surface area contributed by atoms with Crippen LogP contribution in [0.4, 0.5) is 4.39 Å². The Bertz CT molecular complexity index is 391. The number of nitrogens with zero attached hydrogens (tertiary/aromatic N) is 1. The summed E-state index contributed by atoms with van der Waals surface area (Å²) < 4.78 is 14.4. The van der Waals surface area contributed by atoms with Gasteiger partial charge in [-0.2, -0.15) is 5.26 Å². The van der Waals surface area contributed by atoms with Crippen LogP contribution in [-0.2, 0) is 5.41 Å². The van der Waals surface area contributed by atoms with Gasteiger partial charge in [-0.05, 0) is 25.0 Å². The van der Waals surface area contributed by atoms with Gasteiger partial charge in [0, 0.05) is 10.0 Å². The van der Waals surface area contributed by atoms with E-state index < -0.39 is 5.41 Å². The van der Waals surface area contributed by atoms with Crippen LogP contribution in [0.3, 0.4) is 0 Å². The van der Waals surface area contributed by atoms with Crippen molar-refractivity contribution in [1.82, 2.24) is 0 Å². The third-order valence-corrected chi connectivity index (χ3v) is 3.36. The molecule has 15 heavy (non-hydrogen) atoms. The van der Waals surface area contributed by atoms with Gasteiger partial charge < -0.3 is 0 Å². The van der Waals surface area contributed by atoms with E-state index in [1.54, 1.807) is 12.1 Å². The molecule has 0 radical (unpaired) electrons. The summed E-state index contributed by atoms with van der Waals surface area (Å²) in [4.78, 5) is 0. The van der Waals surface area contributed by atoms with Gasteiger partial charge in [-0.25, -0.2) is 4.39 Å². The maximum Gasteiger partial charge on any atom is 0.129 e. The van der Waals surface area contributed by atoms with E-state index in [2.05, 4.69) is 22.0 Å². The van der Waals surface area contributed by atoms with Gasteiger partial charge in [0.15, 0.2) is 0 Å². The topological polar surface area (TPSA) is 23.8 Å². The minimum absolute atomic E-state index is 0.311. The van der Waals surface area contributed by atoms with Crippen molar-refractivity contribution in [2.75, 3.05) is 0 Å². The minimum Gasteiger partial charge on any atom is -0.207 e. The third-order valence-electron chi connectivity index (χ3n) is 2.87. The molecule has 0 bridgehead atoms. The molecule has 0 unspecified atom stereocenters. The number of nitriles is 1. The molecule has 0 spiro atoms. The van der Waals surface area contributed by atoms with Gasteiger partial charge >= 0.3 is 0 Å². The van der Waals surface area contributed by atoms with Crippen LogP contribution >= 0.6 is 15.9 Å². The average Bonchev–Trinajstić information content (AvgIpc) is 2.23. The largest absolute Gasteiger partial charge is 0.207 e. The summed E-state index contributed by atoms with van der Waals surface area (Å²) in [5.41, 5.74) is -0.191. The van der Waals surface area contributed by atoms with E-state index in [1.807, 2.05) is 13.8 Å². The van der Waals surface area contributed by atoms with Crippen LogP contribution in [0.5, 0.6) is 0 Å². The van der Waals surface area contributed by atoms with Crippen LogP contribution < -0.4 is 0 Å². The fourth-order valence-electron chi connectivity index (χ4n) is 1.73. The standard InChI is InChI=1S/C12H13BrFN/c1-3-12(4-2,8-15)10-6-5-9(13)7-11(10)14/h5-7H,3-4H2,1-2H3. The molecule has 0 aromatic heterocycles. The van der Waals surface area contributed by atoms with Crippen LogP contribution in [0.2, 0.25) is 0 Å². The molecule has 0 saturated heterocycles. The molecule has 0 atom stereocenters. The van der Waals surface area contributed by atoms with Crippen molar-refractivity contribution < 1.29 is 4.39 Å². The molecule has 3 heteroatoms. The molecule has 0 amide bonds. The normalized spacial score (nSPS) is 11.1. The Hall–Kier alpha value is -0.880. The Morgan fingerprint density at radius 2 is 2.00 bits per heavy atom. The Kier molecular flexibility index (Phi) is 3.87. The van der Waals surface area contributed by atoms with E-state index in [0.717, 1.165) is 0 Å². The molecule has 80 valence electrons. The average molecular weight is 270 g/mol. The summed E-state index contributed by atoms with van der Waals surface area (Å²) in [7, 11) is 0. The van der Waals surface area contributed by atoms with Crippen molar-refractivity contribution in [2.24, 2.45) is 0 Å². The Labute approximate surface area is 98.0 Å². The molecule has 1 rings (SSSR count). The fourth-order valence-corrected chi connectivity index (χ4v) is 2.06. The highest BCUT2D eigenvalue weighted by Gasteiger charge is 2.30. The van der Waals surface area contributed by atoms with Crippen molar-refractivity contribution in [2.45, 2.75) is 32.1 Å². The molecule has 1 nitrogen and oxygen atoms in total. The lowest BCUT2D eigenvalue weighted by molar-refractivity contribution is 0.474. The second-order valence-electron chi connectivity index (χ2n) is 3.53. The van der Waals surface area contributed by atoms with Gasteiger partial charge in [-0.3, -0.25) is 0 Å². The minimum atomic E-state index is -0.690. The van der Waals surface area contributed by atoms with E-state index in [1.165, 1.54) is 6.07 Å². The van der Waals surface area contributed by atoms with E-state index in [0.29, 0.717) is 22.9 Å². The smallest absolute Gasteiger partial charge is 0.129 e. The molecular weight excluding hydrogens is 257 g/mol. The van der Waals surface area contributed by atoms with E-state index in [4.69, 9.17) is 0 Å². The quantitative estimate of drug-likeness (QED) is 0.808. The van der Waals surface area contributed by atoms with Crippen molar-refractivity contribution in [1.29, 1.82) is 5.26 Å². The number of hydrogen-bond donors (Lipinski definition) is 0. The summed E-state index contributed by atoms with van der Waals surface area (Å²) in [5, 5.41) is 9.20. The molecule has 0 N–H and O–H groups in total. The van der Waals surface area contributed by atoms with Crippen LogP contribution in [0.25, 0.3) is 0 Å². The molecule has 0 aliphatic rings. The zero-order valence-electron chi connectivity index (χ0n) is 8.85. The van der Waals surface area contributed by atoms with E-state index in [-0.39, 0.29) is 5.82 Å². The Balaban J connectivity index is 3.31. The van der Waals surface area contributed by atoms with Gasteiger partial charge in [0.05, 0.1) is 11.5 Å². The predicted octanol–water partition coefficient (Wildman–Crippen LogP) is 4.17. The second-order valence-corrected chi connectivity index (χ2v) is 4.44. The SMILES string of the molecule is CCC(C#N)(CC)c1ccc(Br)cc1F. The zero-order chi connectivity index (χ0) is 11.5. The monoisotopic (exact) mass is 269 g/mol. The van der Waals surface area contributed by atoms with Crippen LogP contribution in [0.15, 0.2) is 22.7 Å². The summed E-state index contributed by atoms with van der Waals surface area (Å²) in [5.74, 6) is -0.311. The molecule has 1 aromatic rings. The predicted molar refractivity (Wildman–Crippen MR) is 62.0 cm³/mol. The molecule has 0 aliphatic carbocycles. The molecule has 0 fully saturated rings. The summed E-state index contributed by atoms with van der Waals surface area (Å²) >= 11 is 3.21. The maximum atomic E-state index is 13.7. The number of benzene rings is 1. The van der Waals surface area contributed by atoms with Gasteiger partial charge in [-0.1, -0.05) is 35.8 Å². The first-order valence-corrected chi connectivity index (χ1v) is 5.75. The summed E-state index contributed by atoms with van der Waals surface area (Å²) in [6, 6.07) is 7.11. The Morgan fingerprint density at radius 3 is 2.40 bits per heavy atom. The first kappa shape index (κ1) is 12.2. The first-order chi connectivity index (χ1) is 7.09. The lowest BCUT2D eigenvalue weighted by Gasteiger charge is -2.24. The van der Waals surface area contributed by atoms with Crippen molar-refractivity contribution in [3.63, 3.8) is 0 Å². The molecule has 0 aliphatic heterocycles. The highest BCUT2D eigenvalue weighted by atomic mass is 79.9. The van der Waals surface area contributed by atoms with Gasteiger partial charge in [0.2, 0.25) is 0 Å². The Morgan fingerprint density at radius 1 is 1.40 bits per heavy atom. The summed E-state index contributed by atoms with van der Waals surface area (Å²) in [6.07, 6.45) is 1.25. The first-order valence-electron chi connectivity index (χ1n) is 4.96. The van der Waals surface area contributed by atoms with E-state index >= 15 is 0 Å². The van der Waals surface area contributed by atoms with Crippen LogP contribution in [0, 0.1) is 17.1 Å². The summed E-state index contributed by atoms with van der Waals surface area (Å²) in [6.45, 7) is 3.82. The van der Waals surface area contributed by atoms with Crippen molar-refractivity contribution in [3.05, 3.63) is 34.1 Å². The molecular formula is C12H13BrFN. The van der Waals surface area contributed by atoms with Gasteiger partial charge in [-0.15, -0.1) is 0 Å².